The maximum absolute atomic E-state index is 12.3. The van der Waals surface area contributed by atoms with Crippen molar-refractivity contribution in [3.63, 3.8) is 0 Å². The van der Waals surface area contributed by atoms with Gasteiger partial charge in [0.05, 0.1) is 0 Å². The number of halogens is 3. The van der Waals surface area contributed by atoms with E-state index in [0.717, 1.165) is 13.3 Å². The number of rotatable bonds is 5. The SMILES string of the molecule is CCCNc1cccc(OC(C)C(F)(F)F)n1. The van der Waals surface area contributed by atoms with Crippen molar-refractivity contribution in [3.8, 4) is 5.88 Å². The van der Waals surface area contributed by atoms with Gasteiger partial charge in [-0.3, -0.25) is 0 Å². The first-order valence-corrected chi connectivity index (χ1v) is 5.37. The summed E-state index contributed by atoms with van der Waals surface area (Å²) in [5.74, 6) is 0.481. The Bertz CT molecular complexity index is 355. The van der Waals surface area contributed by atoms with Gasteiger partial charge in [0.2, 0.25) is 5.88 Å². The zero-order valence-electron chi connectivity index (χ0n) is 9.71. The summed E-state index contributed by atoms with van der Waals surface area (Å²) in [7, 11) is 0. The summed E-state index contributed by atoms with van der Waals surface area (Å²) in [6, 6.07) is 4.68. The van der Waals surface area contributed by atoms with Crippen LogP contribution in [0.15, 0.2) is 18.2 Å². The van der Waals surface area contributed by atoms with Crippen LogP contribution in [0.1, 0.15) is 20.3 Å². The molecule has 1 aromatic heterocycles. The van der Waals surface area contributed by atoms with E-state index in [1.165, 1.54) is 6.07 Å². The molecule has 0 saturated heterocycles. The number of pyridine rings is 1. The summed E-state index contributed by atoms with van der Waals surface area (Å²) in [4.78, 5) is 3.93. The number of nitrogens with zero attached hydrogens (tertiary/aromatic N) is 1. The van der Waals surface area contributed by atoms with Gasteiger partial charge in [-0.1, -0.05) is 13.0 Å². The van der Waals surface area contributed by atoms with Crippen LogP contribution in [0.25, 0.3) is 0 Å². The van der Waals surface area contributed by atoms with Gasteiger partial charge >= 0.3 is 6.18 Å². The summed E-state index contributed by atoms with van der Waals surface area (Å²) in [5, 5.41) is 2.97. The van der Waals surface area contributed by atoms with Gasteiger partial charge in [-0.2, -0.15) is 18.2 Å². The second-order valence-corrected chi connectivity index (χ2v) is 3.59. The van der Waals surface area contributed by atoms with Crippen LogP contribution >= 0.6 is 0 Å². The van der Waals surface area contributed by atoms with Crippen molar-refractivity contribution in [2.75, 3.05) is 11.9 Å². The third kappa shape index (κ3) is 4.50. The third-order valence-corrected chi connectivity index (χ3v) is 2.04. The highest BCUT2D eigenvalue weighted by molar-refractivity contribution is 5.36. The number of ether oxygens (including phenoxy) is 1. The Kier molecular flexibility index (Phi) is 4.60. The molecule has 1 heterocycles. The first kappa shape index (κ1) is 13.6. The van der Waals surface area contributed by atoms with Crippen LogP contribution in [-0.2, 0) is 0 Å². The van der Waals surface area contributed by atoms with Crippen LogP contribution in [0.4, 0.5) is 19.0 Å². The normalized spacial score (nSPS) is 13.2. The Balaban J connectivity index is 2.65. The first-order chi connectivity index (χ1) is 7.93. The van der Waals surface area contributed by atoms with Crippen LogP contribution in [0.3, 0.4) is 0 Å². The molecule has 1 unspecified atom stereocenters. The molecule has 1 atom stereocenters. The molecule has 17 heavy (non-hydrogen) atoms. The minimum Gasteiger partial charge on any atom is -0.465 e. The van der Waals surface area contributed by atoms with E-state index in [4.69, 9.17) is 4.74 Å². The monoisotopic (exact) mass is 248 g/mol. The molecule has 1 aromatic rings. The van der Waals surface area contributed by atoms with Crippen molar-refractivity contribution >= 4 is 5.82 Å². The van der Waals surface area contributed by atoms with Gasteiger partial charge in [-0.25, -0.2) is 0 Å². The van der Waals surface area contributed by atoms with Crippen molar-refractivity contribution in [2.45, 2.75) is 32.5 Å². The molecule has 1 rings (SSSR count). The molecular weight excluding hydrogens is 233 g/mol. The summed E-state index contributed by atoms with van der Waals surface area (Å²) in [6.45, 7) is 3.65. The van der Waals surface area contributed by atoms with E-state index in [-0.39, 0.29) is 5.88 Å². The average Bonchev–Trinajstić information content (AvgIpc) is 2.25. The number of aromatic nitrogens is 1. The maximum Gasteiger partial charge on any atom is 0.425 e. The van der Waals surface area contributed by atoms with E-state index in [2.05, 4.69) is 10.3 Å². The van der Waals surface area contributed by atoms with Gasteiger partial charge in [0.15, 0.2) is 6.10 Å². The standard InChI is InChI=1S/C11H15F3N2O/c1-3-7-15-9-5-4-6-10(16-9)17-8(2)11(12,13)14/h4-6,8H,3,7H2,1-2H3,(H,15,16). The van der Waals surface area contributed by atoms with Crippen LogP contribution in [0, 0.1) is 0 Å². The van der Waals surface area contributed by atoms with Crippen LogP contribution in [-0.4, -0.2) is 23.8 Å². The fourth-order valence-electron chi connectivity index (χ4n) is 1.08. The molecule has 0 bridgehead atoms. The predicted molar refractivity (Wildman–Crippen MR) is 59.2 cm³/mol. The summed E-state index contributed by atoms with van der Waals surface area (Å²) >= 11 is 0. The van der Waals surface area contributed by atoms with E-state index in [1.54, 1.807) is 12.1 Å². The third-order valence-electron chi connectivity index (χ3n) is 2.04. The lowest BCUT2D eigenvalue weighted by molar-refractivity contribution is -0.189. The summed E-state index contributed by atoms with van der Waals surface area (Å²) < 4.78 is 41.5. The number of hydrogen-bond donors (Lipinski definition) is 1. The fourth-order valence-corrected chi connectivity index (χ4v) is 1.08. The predicted octanol–water partition coefficient (Wildman–Crippen LogP) is 3.23. The zero-order chi connectivity index (χ0) is 12.9. The zero-order valence-corrected chi connectivity index (χ0v) is 9.71. The van der Waals surface area contributed by atoms with Gasteiger partial charge in [-0.15, -0.1) is 0 Å². The van der Waals surface area contributed by atoms with Gasteiger partial charge in [0.25, 0.3) is 0 Å². The Morgan fingerprint density at radius 2 is 2.12 bits per heavy atom. The molecular formula is C11H15F3N2O. The molecule has 6 heteroatoms. The lowest BCUT2D eigenvalue weighted by Crippen LogP contribution is -2.31. The highest BCUT2D eigenvalue weighted by Crippen LogP contribution is 2.24. The lowest BCUT2D eigenvalue weighted by Gasteiger charge is -2.17. The number of anilines is 1. The number of nitrogens with one attached hydrogen (secondary N) is 1. The first-order valence-electron chi connectivity index (χ1n) is 5.37. The van der Waals surface area contributed by atoms with Crippen molar-refractivity contribution in [1.29, 1.82) is 0 Å². The van der Waals surface area contributed by atoms with E-state index in [9.17, 15) is 13.2 Å². The average molecular weight is 248 g/mol. The minimum absolute atomic E-state index is 0.0315. The topological polar surface area (TPSA) is 34.1 Å². The van der Waals surface area contributed by atoms with Gasteiger partial charge < -0.3 is 10.1 Å². The quantitative estimate of drug-likeness (QED) is 0.868. The Hall–Kier alpha value is -1.46. The Morgan fingerprint density at radius 1 is 1.41 bits per heavy atom. The Morgan fingerprint density at radius 3 is 2.71 bits per heavy atom. The highest BCUT2D eigenvalue weighted by Gasteiger charge is 2.38. The van der Waals surface area contributed by atoms with Crippen molar-refractivity contribution in [2.24, 2.45) is 0 Å². The molecule has 0 fully saturated rings. The second kappa shape index (κ2) is 5.75. The smallest absolute Gasteiger partial charge is 0.425 e. The van der Waals surface area contributed by atoms with Crippen molar-refractivity contribution < 1.29 is 17.9 Å². The van der Waals surface area contributed by atoms with Crippen LogP contribution < -0.4 is 10.1 Å². The van der Waals surface area contributed by atoms with Crippen molar-refractivity contribution in [1.82, 2.24) is 4.98 Å². The van der Waals surface area contributed by atoms with Crippen LogP contribution in [0.2, 0.25) is 0 Å². The molecule has 1 N–H and O–H groups in total. The minimum atomic E-state index is -4.38. The molecule has 0 radical (unpaired) electrons. The largest absolute Gasteiger partial charge is 0.465 e. The summed E-state index contributed by atoms with van der Waals surface area (Å²) in [5.41, 5.74) is 0. The molecule has 96 valence electrons. The molecule has 0 amide bonds. The molecule has 0 aromatic carbocycles. The molecule has 0 saturated carbocycles. The van der Waals surface area contributed by atoms with Gasteiger partial charge in [-0.05, 0) is 19.4 Å². The summed E-state index contributed by atoms with van der Waals surface area (Å²) in [6.07, 6.45) is -5.34. The Labute approximate surface area is 98.0 Å². The number of alkyl halides is 3. The molecule has 0 aliphatic carbocycles. The van der Waals surface area contributed by atoms with Gasteiger partial charge in [0, 0.05) is 12.6 Å². The number of hydrogen-bond acceptors (Lipinski definition) is 3. The van der Waals surface area contributed by atoms with E-state index in [1.807, 2.05) is 6.92 Å². The molecule has 0 aliphatic rings. The fraction of sp³-hybridized carbons (Fsp3) is 0.545. The van der Waals surface area contributed by atoms with E-state index in [0.29, 0.717) is 12.4 Å². The molecule has 0 aliphatic heterocycles. The van der Waals surface area contributed by atoms with Crippen LogP contribution in [0.5, 0.6) is 5.88 Å². The van der Waals surface area contributed by atoms with Gasteiger partial charge in [0.1, 0.15) is 5.82 Å². The molecule has 3 nitrogen and oxygen atoms in total. The molecule has 0 spiro atoms. The van der Waals surface area contributed by atoms with E-state index < -0.39 is 12.3 Å². The highest BCUT2D eigenvalue weighted by atomic mass is 19.4. The lowest BCUT2D eigenvalue weighted by atomic mass is 10.4. The second-order valence-electron chi connectivity index (χ2n) is 3.59. The van der Waals surface area contributed by atoms with Crippen molar-refractivity contribution in [3.05, 3.63) is 18.2 Å². The van der Waals surface area contributed by atoms with E-state index >= 15 is 0 Å². The maximum atomic E-state index is 12.3.